The smallest absolute Gasteiger partial charge is 0.220 e. The van der Waals surface area contributed by atoms with E-state index >= 15 is 0 Å². The highest BCUT2D eigenvalue weighted by Gasteiger charge is 2.53. The molecule has 3 rings (SSSR count). The number of carbonyl (C=O) groups excluding carboxylic acids is 1. The Hall–Kier alpha value is -2.77. The van der Waals surface area contributed by atoms with Crippen LogP contribution in [0.25, 0.3) is 0 Å². The van der Waals surface area contributed by atoms with Crippen LogP contribution in [0.4, 0.5) is 0 Å². The van der Waals surface area contributed by atoms with Gasteiger partial charge in [0, 0.05) is 6.42 Å². The Morgan fingerprint density at radius 3 is 1.15 bits per heavy atom. The average molecular weight is 1340 g/mol. The molecule has 0 bridgehead atoms. The maximum atomic E-state index is 13.4. The molecule has 0 aliphatic carbocycles. The standard InChI is InChI=1S/C75H133NO18/c1-3-5-7-9-11-13-15-17-19-21-23-25-27-28-29-31-32-34-36-38-40-42-44-46-48-50-52-59(80)58(76-63(81)53-51-49-47-45-43-41-39-37-35-33-30-26-24-22-20-18-16-14-12-10-8-6-4-2)57-89-73-69(87)66(84)71(61(55-78)91-73)94-75-70(88)67(85)72(62(56-79)92-75)93-74-68(86)65(83)64(82)60(54-77)90-74/h6,8,12,14,18,20,24,26,33,35,50,52,58-62,64-75,77-80,82-88H,3-5,7,9-11,13,15-17,19,21-23,25,27-32,34,36-49,51,53-57H2,1-2H3,(H,76,81)/b8-6-,14-12-,20-18-,26-24-,35-33-,52-50+. The van der Waals surface area contributed by atoms with Gasteiger partial charge in [-0.1, -0.05) is 267 Å². The Labute approximate surface area is 566 Å². The number of unbranched alkanes of at least 4 members (excludes halogenated alkanes) is 31. The van der Waals surface area contributed by atoms with Crippen molar-refractivity contribution >= 4 is 5.91 Å². The van der Waals surface area contributed by atoms with E-state index in [9.17, 15) is 61.0 Å². The predicted octanol–water partition coefficient (Wildman–Crippen LogP) is 10.9. The van der Waals surface area contributed by atoms with E-state index in [1.165, 1.54) is 135 Å². The second-order valence-corrected chi connectivity index (χ2v) is 26.4. The molecule has 0 spiro atoms. The molecule has 3 saturated heterocycles. The first-order chi connectivity index (χ1) is 45.8. The SMILES string of the molecule is CC/C=C\C/C=C\C/C=C\C/C=C\C/C=C\CCCCCCCCCC(=O)NC(COC1OC(CO)C(OC2OC(CO)C(OC3OC(CO)C(O)C(O)C3O)C(O)C2O)C(O)C1O)C(O)/C=C/CCCCCCCCCCCCCCCCCCCCCCCCCC. The molecule has 0 saturated carbocycles. The zero-order chi connectivity index (χ0) is 68.2. The Bertz CT molecular complexity index is 1980. The van der Waals surface area contributed by atoms with Gasteiger partial charge in [-0.15, -0.1) is 0 Å². The van der Waals surface area contributed by atoms with Crippen LogP contribution in [-0.2, 0) is 33.2 Å². The van der Waals surface area contributed by atoms with Crippen molar-refractivity contribution in [1.82, 2.24) is 5.32 Å². The van der Waals surface area contributed by atoms with Gasteiger partial charge in [0.2, 0.25) is 5.91 Å². The second kappa shape index (κ2) is 56.0. The third kappa shape index (κ3) is 36.9. The minimum absolute atomic E-state index is 0.227. The Morgan fingerprint density at radius 2 is 0.734 bits per heavy atom. The number of hydrogen-bond donors (Lipinski definition) is 12. The number of ether oxygens (including phenoxy) is 6. The summed E-state index contributed by atoms with van der Waals surface area (Å²) in [4.78, 5) is 13.4. The van der Waals surface area contributed by atoms with Crippen molar-refractivity contribution in [2.75, 3.05) is 26.4 Å². The lowest BCUT2D eigenvalue weighted by Gasteiger charge is -2.48. The first-order valence-corrected chi connectivity index (χ1v) is 37.2. The van der Waals surface area contributed by atoms with Crippen LogP contribution in [0.3, 0.4) is 0 Å². The summed E-state index contributed by atoms with van der Waals surface area (Å²) in [5, 5.41) is 121. The number of rotatable bonds is 57. The van der Waals surface area contributed by atoms with Gasteiger partial charge in [-0.2, -0.15) is 0 Å². The normalized spacial score (nSPS) is 27.8. The third-order valence-corrected chi connectivity index (χ3v) is 18.3. The zero-order valence-electron chi connectivity index (χ0n) is 57.9. The summed E-state index contributed by atoms with van der Waals surface area (Å²) in [5.41, 5.74) is 0. The van der Waals surface area contributed by atoms with Crippen molar-refractivity contribution in [3.63, 3.8) is 0 Å². The summed E-state index contributed by atoms with van der Waals surface area (Å²) in [7, 11) is 0. The first kappa shape index (κ1) is 85.5. The van der Waals surface area contributed by atoms with E-state index < -0.39 is 124 Å². The number of carbonyl (C=O) groups is 1. The maximum Gasteiger partial charge on any atom is 0.220 e. The lowest BCUT2D eigenvalue weighted by molar-refractivity contribution is -0.379. The third-order valence-electron chi connectivity index (χ3n) is 18.3. The molecule has 546 valence electrons. The van der Waals surface area contributed by atoms with Gasteiger partial charge in [-0.25, -0.2) is 0 Å². The predicted molar refractivity (Wildman–Crippen MR) is 369 cm³/mol. The van der Waals surface area contributed by atoms with Gasteiger partial charge in [0.25, 0.3) is 0 Å². The van der Waals surface area contributed by atoms with Crippen molar-refractivity contribution in [2.24, 2.45) is 0 Å². The highest BCUT2D eigenvalue weighted by Crippen LogP contribution is 2.33. The van der Waals surface area contributed by atoms with Crippen LogP contribution in [0.5, 0.6) is 0 Å². The molecule has 17 unspecified atom stereocenters. The van der Waals surface area contributed by atoms with Gasteiger partial charge in [0.05, 0.1) is 38.6 Å². The molecule has 12 N–H and O–H groups in total. The molecule has 3 fully saturated rings. The molecule has 94 heavy (non-hydrogen) atoms. The fraction of sp³-hybridized carbons (Fsp3) is 0.827. The molecule has 1 amide bonds. The highest BCUT2D eigenvalue weighted by molar-refractivity contribution is 5.76. The maximum absolute atomic E-state index is 13.4. The van der Waals surface area contributed by atoms with Gasteiger partial charge in [-0.05, 0) is 64.2 Å². The van der Waals surface area contributed by atoms with E-state index in [0.29, 0.717) is 6.42 Å². The summed E-state index contributed by atoms with van der Waals surface area (Å²) in [6.45, 7) is 1.63. The molecule has 0 aromatic carbocycles. The Morgan fingerprint density at radius 1 is 0.394 bits per heavy atom. The quantitative estimate of drug-likeness (QED) is 0.0199. The van der Waals surface area contributed by atoms with Crippen LogP contribution in [-0.4, -0.2) is 193 Å². The fourth-order valence-electron chi connectivity index (χ4n) is 12.3. The van der Waals surface area contributed by atoms with Gasteiger partial charge < -0.3 is 89.9 Å². The van der Waals surface area contributed by atoms with E-state index in [1.54, 1.807) is 6.08 Å². The number of nitrogens with one attached hydrogen (secondary N) is 1. The average Bonchev–Trinajstić information content (AvgIpc) is 0.787. The van der Waals surface area contributed by atoms with E-state index in [0.717, 1.165) is 103 Å². The largest absolute Gasteiger partial charge is 0.394 e. The molecular formula is C75H133NO18. The molecule has 0 aromatic heterocycles. The minimum Gasteiger partial charge on any atom is -0.394 e. The van der Waals surface area contributed by atoms with Crippen molar-refractivity contribution in [1.29, 1.82) is 0 Å². The highest BCUT2D eigenvalue weighted by atomic mass is 16.8. The number of allylic oxidation sites excluding steroid dienone is 11. The van der Waals surface area contributed by atoms with Crippen LogP contribution >= 0.6 is 0 Å². The Balaban J connectivity index is 1.42. The molecule has 19 heteroatoms. The molecule has 3 heterocycles. The topological polar surface area (TPSA) is 307 Å². The molecule has 0 aromatic rings. The van der Waals surface area contributed by atoms with E-state index in [2.05, 4.69) is 79.9 Å². The van der Waals surface area contributed by atoms with E-state index in [4.69, 9.17) is 28.4 Å². The van der Waals surface area contributed by atoms with Gasteiger partial charge >= 0.3 is 0 Å². The lowest BCUT2D eigenvalue weighted by Crippen LogP contribution is -2.66. The lowest BCUT2D eigenvalue weighted by atomic mass is 9.96. The number of amides is 1. The number of hydrogen-bond acceptors (Lipinski definition) is 18. The van der Waals surface area contributed by atoms with Crippen LogP contribution in [0, 0.1) is 0 Å². The number of aliphatic hydroxyl groups excluding tert-OH is 11. The van der Waals surface area contributed by atoms with Crippen molar-refractivity contribution < 1.29 is 89.4 Å². The Kier molecular flexibility index (Phi) is 50.9. The van der Waals surface area contributed by atoms with Gasteiger partial charge in [0.15, 0.2) is 18.9 Å². The van der Waals surface area contributed by atoms with Gasteiger partial charge in [0.1, 0.15) is 73.2 Å². The van der Waals surface area contributed by atoms with Crippen molar-refractivity contribution in [2.45, 2.75) is 369 Å². The molecule has 0 radical (unpaired) electrons. The fourth-order valence-corrected chi connectivity index (χ4v) is 12.3. The molecular weight excluding hydrogens is 1200 g/mol. The van der Waals surface area contributed by atoms with Crippen LogP contribution in [0.15, 0.2) is 72.9 Å². The van der Waals surface area contributed by atoms with Crippen LogP contribution in [0.2, 0.25) is 0 Å². The summed E-state index contributed by atoms with van der Waals surface area (Å²) in [6.07, 6.45) is 44.4. The van der Waals surface area contributed by atoms with Crippen LogP contribution < -0.4 is 5.32 Å². The summed E-state index contributed by atoms with van der Waals surface area (Å²) in [6, 6.07) is -0.985. The second-order valence-electron chi connectivity index (χ2n) is 26.4. The van der Waals surface area contributed by atoms with E-state index in [-0.39, 0.29) is 18.9 Å². The summed E-state index contributed by atoms with van der Waals surface area (Å²) >= 11 is 0. The molecule has 19 nitrogen and oxygen atoms in total. The molecule has 17 atom stereocenters. The van der Waals surface area contributed by atoms with Crippen molar-refractivity contribution in [3.8, 4) is 0 Å². The minimum atomic E-state index is -1.98. The monoisotopic (exact) mass is 1340 g/mol. The molecule has 3 aliphatic rings. The number of aliphatic hydroxyl groups is 11. The van der Waals surface area contributed by atoms with Crippen molar-refractivity contribution in [3.05, 3.63) is 72.9 Å². The van der Waals surface area contributed by atoms with Gasteiger partial charge in [-0.3, -0.25) is 4.79 Å². The zero-order valence-corrected chi connectivity index (χ0v) is 57.9. The van der Waals surface area contributed by atoms with Crippen LogP contribution in [0.1, 0.15) is 264 Å². The summed E-state index contributed by atoms with van der Waals surface area (Å²) < 4.78 is 34.4. The first-order valence-electron chi connectivity index (χ1n) is 37.2. The summed E-state index contributed by atoms with van der Waals surface area (Å²) in [5.74, 6) is -0.287. The molecule has 3 aliphatic heterocycles. The van der Waals surface area contributed by atoms with E-state index in [1.807, 2.05) is 6.08 Å².